The van der Waals surface area contributed by atoms with Crippen LogP contribution in [0.3, 0.4) is 0 Å². The molecule has 0 aromatic heterocycles. The molecule has 0 radical (unpaired) electrons. The predicted octanol–water partition coefficient (Wildman–Crippen LogP) is 2.80. The van der Waals surface area contributed by atoms with Crippen molar-refractivity contribution < 1.29 is 5.11 Å². The SMILES string of the molecule is CCCCCCCCN1CCC[C@H]1CO. The Morgan fingerprint density at radius 1 is 1.13 bits per heavy atom. The van der Waals surface area contributed by atoms with Gasteiger partial charge in [-0.2, -0.15) is 0 Å². The first-order valence-corrected chi connectivity index (χ1v) is 6.73. The van der Waals surface area contributed by atoms with Crippen LogP contribution < -0.4 is 0 Å². The molecule has 0 aliphatic carbocycles. The van der Waals surface area contributed by atoms with Gasteiger partial charge in [-0.25, -0.2) is 0 Å². The smallest absolute Gasteiger partial charge is 0.0586 e. The van der Waals surface area contributed by atoms with Crippen molar-refractivity contribution in [2.24, 2.45) is 0 Å². The second kappa shape index (κ2) is 8.12. The van der Waals surface area contributed by atoms with Gasteiger partial charge in [0.15, 0.2) is 0 Å². The maximum Gasteiger partial charge on any atom is 0.0586 e. The summed E-state index contributed by atoms with van der Waals surface area (Å²) in [7, 11) is 0. The van der Waals surface area contributed by atoms with Gasteiger partial charge in [-0.15, -0.1) is 0 Å². The van der Waals surface area contributed by atoms with E-state index in [9.17, 15) is 0 Å². The van der Waals surface area contributed by atoms with Crippen molar-refractivity contribution in [1.29, 1.82) is 0 Å². The minimum Gasteiger partial charge on any atom is -0.395 e. The van der Waals surface area contributed by atoms with Crippen molar-refractivity contribution in [3.63, 3.8) is 0 Å². The maximum absolute atomic E-state index is 9.17. The summed E-state index contributed by atoms with van der Waals surface area (Å²) in [5, 5.41) is 9.17. The van der Waals surface area contributed by atoms with Gasteiger partial charge in [0.25, 0.3) is 0 Å². The molecule has 0 unspecified atom stereocenters. The van der Waals surface area contributed by atoms with Crippen LogP contribution in [0.4, 0.5) is 0 Å². The van der Waals surface area contributed by atoms with Crippen molar-refractivity contribution in [2.45, 2.75) is 64.3 Å². The van der Waals surface area contributed by atoms with Crippen molar-refractivity contribution in [2.75, 3.05) is 19.7 Å². The van der Waals surface area contributed by atoms with Gasteiger partial charge < -0.3 is 5.11 Å². The van der Waals surface area contributed by atoms with E-state index in [1.807, 2.05) is 0 Å². The minimum atomic E-state index is 0.357. The average molecular weight is 213 g/mol. The molecule has 0 amide bonds. The first-order valence-electron chi connectivity index (χ1n) is 6.73. The second-order valence-electron chi connectivity index (χ2n) is 4.78. The Labute approximate surface area is 94.7 Å². The largest absolute Gasteiger partial charge is 0.395 e. The Morgan fingerprint density at radius 2 is 1.87 bits per heavy atom. The van der Waals surface area contributed by atoms with Crippen LogP contribution in [-0.4, -0.2) is 35.7 Å². The third kappa shape index (κ3) is 4.98. The van der Waals surface area contributed by atoms with Crippen LogP contribution in [0.2, 0.25) is 0 Å². The first-order chi connectivity index (χ1) is 7.38. The molecule has 1 N–H and O–H groups in total. The summed E-state index contributed by atoms with van der Waals surface area (Å²) in [5.41, 5.74) is 0. The lowest BCUT2D eigenvalue weighted by Gasteiger charge is -2.22. The van der Waals surface area contributed by atoms with Crippen LogP contribution in [0.1, 0.15) is 58.3 Å². The predicted molar refractivity (Wildman–Crippen MR) is 65.1 cm³/mol. The summed E-state index contributed by atoms with van der Waals surface area (Å²) in [6.07, 6.45) is 10.7. The van der Waals surface area contributed by atoms with Crippen LogP contribution in [0.15, 0.2) is 0 Å². The molecule has 1 atom stereocenters. The zero-order valence-electron chi connectivity index (χ0n) is 10.2. The normalized spacial score (nSPS) is 22.4. The summed E-state index contributed by atoms with van der Waals surface area (Å²) in [4.78, 5) is 2.47. The number of nitrogens with zero attached hydrogens (tertiary/aromatic N) is 1. The van der Waals surface area contributed by atoms with Gasteiger partial charge >= 0.3 is 0 Å². The molecular formula is C13H27NO. The van der Waals surface area contributed by atoms with Crippen molar-refractivity contribution in [1.82, 2.24) is 4.90 Å². The molecule has 15 heavy (non-hydrogen) atoms. The van der Waals surface area contributed by atoms with Crippen molar-refractivity contribution in [3.05, 3.63) is 0 Å². The molecule has 1 saturated heterocycles. The lowest BCUT2D eigenvalue weighted by Crippen LogP contribution is -2.32. The van der Waals surface area contributed by atoms with E-state index in [2.05, 4.69) is 11.8 Å². The van der Waals surface area contributed by atoms with Crippen LogP contribution >= 0.6 is 0 Å². The minimum absolute atomic E-state index is 0.357. The van der Waals surface area contributed by atoms with E-state index >= 15 is 0 Å². The molecule has 0 spiro atoms. The highest BCUT2D eigenvalue weighted by atomic mass is 16.3. The number of aliphatic hydroxyl groups excluding tert-OH is 1. The van der Waals surface area contributed by atoms with E-state index in [0.29, 0.717) is 12.6 Å². The molecule has 0 saturated carbocycles. The fraction of sp³-hybridized carbons (Fsp3) is 1.00. The van der Waals surface area contributed by atoms with Crippen LogP contribution in [-0.2, 0) is 0 Å². The Kier molecular flexibility index (Phi) is 7.03. The summed E-state index contributed by atoms with van der Waals surface area (Å²) < 4.78 is 0. The van der Waals surface area contributed by atoms with E-state index in [4.69, 9.17) is 5.11 Å². The van der Waals surface area contributed by atoms with Gasteiger partial charge in [-0.05, 0) is 32.4 Å². The Hall–Kier alpha value is -0.0800. The molecule has 1 aliphatic rings. The van der Waals surface area contributed by atoms with Gasteiger partial charge in [0.1, 0.15) is 0 Å². The molecule has 1 heterocycles. The average Bonchev–Trinajstić information content (AvgIpc) is 2.70. The number of rotatable bonds is 8. The fourth-order valence-electron chi connectivity index (χ4n) is 2.49. The van der Waals surface area contributed by atoms with E-state index in [-0.39, 0.29) is 0 Å². The topological polar surface area (TPSA) is 23.5 Å². The number of aliphatic hydroxyl groups is 1. The number of unbranched alkanes of at least 4 members (excludes halogenated alkanes) is 5. The van der Waals surface area contributed by atoms with Gasteiger partial charge in [0, 0.05) is 6.04 Å². The van der Waals surface area contributed by atoms with Gasteiger partial charge in [-0.3, -0.25) is 4.90 Å². The summed E-state index contributed by atoms with van der Waals surface area (Å²) >= 11 is 0. The number of likely N-dealkylation sites (tertiary alicyclic amines) is 1. The Bertz CT molecular complexity index is 149. The quantitative estimate of drug-likeness (QED) is 0.627. The summed E-state index contributed by atoms with van der Waals surface area (Å²) in [6, 6.07) is 0.473. The molecule has 1 rings (SSSR count). The molecule has 1 aliphatic heterocycles. The lowest BCUT2D eigenvalue weighted by atomic mass is 10.1. The number of hydrogen-bond acceptors (Lipinski definition) is 2. The summed E-state index contributed by atoms with van der Waals surface area (Å²) in [5.74, 6) is 0. The molecule has 1 fully saturated rings. The zero-order chi connectivity index (χ0) is 10.9. The van der Waals surface area contributed by atoms with E-state index < -0.39 is 0 Å². The lowest BCUT2D eigenvalue weighted by molar-refractivity contribution is 0.157. The van der Waals surface area contributed by atoms with Crippen LogP contribution in [0.25, 0.3) is 0 Å². The van der Waals surface area contributed by atoms with Crippen LogP contribution in [0.5, 0.6) is 0 Å². The van der Waals surface area contributed by atoms with E-state index in [1.165, 1.54) is 64.5 Å². The molecule has 0 aromatic carbocycles. The highest BCUT2D eigenvalue weighted by Crippen LogP contribution is 2.17. The molecular weight excluding hydrogens is 186 g/mol. The summed E-state index contributed by atoms with van der Waals surface area (Å²) in [6.45, 7) is 5.03. The van der Waals surface area contributed by atoms with Gasteiger partial charge in [0.2, 0.25) is 0 Å². The van der Waals surface area contributed by atoms with E-state index in [1.54, 1.807) is 0 Å². The highest BCUT2D eigenvalue weighted by Gasteiger charge is 2.22. The van der Waals surface area contributed by atoms with E-state index in [0.717, 1.165) is 0 Å². The zero-order valence-corrected chi connectivity index (χ0v) is 10.2. The Morgan fingerprint density at radius 3 is 2.60 bits per heavy atom. The molecule has 2 heteroatoms. The molecule has 2 nitrogen and oxygen atoms in total. The highest BCUT2D eigenvalue weighted by molar-refractivity contribution is 4.77. The molecule has 0 bridgehead atoms. The van der Waals surface area contributed by atoms with Crippen molar-refractivity contribution in [3.8, 4) is 0 Å². The third-order valence-corrected chi connectivity index (χ3v) is 3.51. The maximum atomic E-state index is 9.17. The first kappa shape index (κ1) is 13.0. The molecule has 0 aromatic rings. The van der Waals surface area contributed by atoms with Crippen molar-refractivity contribution >= 4 is 0 Å². The van der Waals surface area contributed by atoms with Gasteiger partial charge in [0.05, 0.1) is 6.61 Å². The standard InChI is InChI=1S/C13H27NO/c1-2-3-4-5-6-7-10-14-11-8-9-13(14)12-15/h13,15H,2-12H2,1H3/t13-/m0/s1. The molecule has 90 valence electrons. The van der Waals surface area contributed by atoms with Gasteiger partial charge in [-0.1, -0.05) is 39.0 Å². The monoisotopic (exact) mass is 213 g/mol. The second-order valence-corrected chi connectivity index (χ2v) is 4.78. The third-order valence-electron chi connectivity index (χ3n) is 3.51. The van der Waals surface area contributed by atoms with Crippen LogP contribution in [0, 0.1) is 0 Å². The number of hydrogen-bond donors (Lipinski definition) is 1. The fourth-order valence-corrected chi connectivity index (χ4v) is 2.49. The Balaban J connectivity index is 1.95.